The molecule has 1 saturated heterocycles. The first-order valence-corrected chi connectivity index (χ1v) is 10.2. The molecule has 1 aliphatic heterocycles. The van der Waals surface area contributed by atoms with E-state index in [1.807, 2.05) is 59.9 Å². The van der Waals surface area contributed by atoms with Crippen LogP contribution in [0.3, 0.4) is 0 Å². The molecule has 2 aromatic carbocycles. The van der Waals surface area contributed by atoms with E-state index in [2.05, 4.69) is 6.08 Å². The third kappa shape index (κ3) is 2.72. The summed E-state index contributed by atoms with van der Waals surface area (Å²) in [6.45, 7) is 0. The summed E-state index contributed by atoms with van der Waals surface area (Å²) in [7, 11) is 0. The molecule has 0 bridgehead atoms. The van der Waals surface area contributed by atoms with Gasteiger partial charge < -0.3 is 0 Å². The molecular formula is C19H13Cl2FS2. The second kappa shape index (κ2) is 6.45. The van der Waals surface area contributed by atoms with Crippen molar-refractivity contribution in [1.82, 2.24) is 0 Å². The lowest BCUT2D eigenvalue weighted by molar-refractivity contribution is 0.627. The Hall–Kier alpha value is -0.870. The van der Waals surface area contributed by atoms with Gasteiger partial charge in [-0.25, -0.2) is 4.39 Å². The van der Waals surface area contributed by atoms with Gasteiger partial charge in [0.1, 0.15) is 9.90 Å². The number of halogens is 3. The molecule has 1 aliphatic carbocycles. The molecule has 0 atom stereocenters. The van der Waals surface area contributed by atoms with E-state index < -0.39 is 0 Å². The normalized spacial score (nSPS) is 19.2. The lowest BCUT2D eigenvalue weighted by Gasteiger charge is -2.30. The van der Waals surface area contributed by atoms with Gasteiger partial charge in [-0.3, -0.25) is 0 Å². The maximum Gasteiger partial charge on any atom is 0.123 e. The predicted octanol–water partition coefficient (Wildman–Crippen LogP) is 6.70. The lowest BCUT2D eigenvalue weighted by atomic mass is 9.97. The Morgan fingerprint density at radius 1 is 0.833 bits per heavy atom. The van der Waals surface area contributed by atoms with E-state index in [4.69, 9.17) is 23.2 Å². The smallest absolute Gasteiger partial charge is 0.123 e. The first kappa shape index (κ1) is 16.6. The van der Waals surface area contributed by atoms with Crippen molar-refractivity contribution in [2.75, 3.05) is 11.5 Å². The van der Waals surface area contributed by atoms with Crippen LogP contribution in [-0.4, -0.2) is 15.6 Å². The van der Waals surface area contributed by atoms with Crippen molar-refractivity contribution in [3.63, 3.8) is 0 Å². The van der Waals surface area contributed by atoms with Crippen LogP contribution in [0.1, 0.15) is 11.1 Å². The van der Waals surface area contributed by atoms with Crippen molar-refractivity contribution in [2.45, 2.75) is 4.08 Å². The summed E-state index contributed by atoms with van der Waals surface area (Å²) in [5.41, 5.74) is 4.36. The summed E-state index contributed by atoms with van der Waals surface area (Å²) >= 11 is 16.5. The van der Waals surface area contributed by atoms with Crippen molar-refractivity contribution in [2.24, 2.45) is 0 Å². The number of allylic oxidation sites excluding steroid dienone is 2. The monoisotopic (exact) mass is 394 g/mol. The number of hydrogen-bond acceptors (Lipinski definition) is 2. The number of benzene rings is 2. The van der Waals surface area contributed by atoms with Gasteiger partial charge in [-0.2, -0.15) is 0 Å². The van der Waals surface area contributed by atoms with Gasteiger partial charge in [0.05, 0.1) is 0 Å². The molecule has 2 aromatic rings. The van der Waals surface area contributed by atoms with Crippen molar-refractivity contribution < 1.29 is 4.39 Å². The van der Waals surface area contributed by atoms with E-state index in [1.54, 1.807) is 0 Å². The van der Waals surface area contributed by atoms with Crippen LogP contribution >= 0.6 is 46.7 Å². The van der Waals surface area contributed by atoms with Crippen LogP contribution in [0.4, 0.5) is 4.39 Å². The van der Waals surface area contributed by atoms with Crippen LogP contribution in [0.15, 0.2) is 59.6 Å². The fourth-order valence-electron chi connectivity index (χ4n) is 3.15. The topological polar surface area (TPSA) is 0 Å². The maximum atomic E-state index is 13.3. The van der Waals surface area contributed by atoms with Gasteiger partial charge in [-0.05, 0) is 47.0 Å². The highest BCUT2D eigenvalue weighted by Crippen LogP contribution is 2.63. The van der Waals surface area contributed by atoms with E-state index in [-0.39, 0.29) is 9.90 Å². The van der Waals surface area contributed by atoms with E-state index in [9.17, 15) is 4.39 Å². The molecular weight excluding hydrogens is 382 g/mol. The van der Waals surface area contributed by atoms with Gasteiger partial charge in [0.2, 0.25) is 0 Å². The summed E-state index contributed by atoms with van der Waals surface area (Å²) < 4.78 is 13.1. The van der Waals surface area contributed by atoms with Crippen LogP contribution in [0.2, 0.25) is 5.02 Å². The molecule has 0 nitrogen and oxygen atoms in total. The quantitative estimate of drug-likeness (QED) is 0.555. The average molecular weight is 395 g/mol. The molecule has 0 radical (unpaired) electrons. The number of thioether (sulfide) groups is 2. The first-order chi connectivity index (χ1) is 11.6. The second-order valence-electron chi connectivity index (χ2n) is 5.61. The SMILES string of the molecule is Fc1ccc(C2=C(Cl)C=C(c3ccc(Cl)cc3)C23SCCS3)cc1. The predicted molar refractivity (Wildman–Crippen MR) is 106 cm³/mol. The molecule has 2 aliphatic rings. The zero-order valence-corrected chi connectivity index (χ0v) is 15.7. The van der Waals surface area contributed by atoms with Gasteiger partial charge in [-0.1, -0.05) is 47.5 Å². The fourth-order valence-corrected chi connectivity index (χ4v) is 7.23. The number of rotatable bonds is 2. The Kier molecular flexibility index (Phi) is 4.46. The first-order valence-electron chi connectivity index (χ1n) is 7.52. The van der Waals surface area contributed by atoms with Crippen LogP contribution in [-0.2, 0) is 0 Å². The standard InChI is InChI=1S/C19H13Cl2FS2/c20-14-5-1-12(2-6-14)16-11-17(21)18(19(16)23-9-10-24-19)13-3-7-15(22)8-4-13/h1-8,11H,9-10H2. The zero-order valence-electron chi connectivity index (χ0n) is 12.6. The van der Waals surface area contributed by atoms with Crippen LogP contribution < -0.4 is 0 Å². The Morgan fingerprint density at radius 2 is 1.42 bits per heavy atom. The van der Waals surface area contributed by atoms with Crippen LogP contribution in [0, 0.1) is 5.82 Å². The average Bonchev–Trinajstić information content (AvgIpc) is 3.16. The van der Waals surface area contributed by atoms with Gasteiger partial charge in [0.15, 0.2) is 0 Å². The van der Waals surface area contributed by atoms with Crippen molar-refractivity contribution in [3.8, 4) is 0 Å². The summed E-state index contributed by atoms with van der Waals surface area (Å²) in [6, 6.07) is 14.5. The lowest BCUT2D eigenvalue weighted by Crippen LogP contribution is -2.19. The van der Waals surface area contributed by atoms with Gasteiger partial charge in [0, 0.05) is 27.1 Å². The molecule has 0 unspecified atom stereocenters. The van der Waals surface area contributed by atoms with E-state index in [1.165, 1.54) is 17.7 Å². The molecule has 122 valence electrons. The van der Waals surface area contributed by atoms with Crippen molar-refractivity contribution >= 4 is 57.9 Å². The second-order valence-corrected chi connectivity index (χ2v) is 9.33. The highest BCUT2D eigenvalue weighted by molar-refractivity contribution is 8.22. The maximum absolute atomic E-state index is 13.3. The van der Waals surface area contributed by atoms with Gasteiger partial charge in [-0.15, -0.1) is 23.5 Å². The van der Waals surface area contributed by atoms with E-state index in [0.29, 0.717) is 0 Å². The summed E-state index contributed by atoms with van der Waals surface area (Å²) in [5.74, 6) is 1.88. The molecule has 4 rings (SSSR count). The van der Waals surface area contributed by atoms with Gasteiger partial charge in [0.25, 0.3) is 0 Å². The van der Waals surface area contributed by atoms with Gasteiger partial charge >= 0.3 is 0 Å². The van der Waals surface area contributed by atoms with Crippen molar-refractivity contribution in [3.05, 3.63) is 81.6 Å². The molecule has 0 amide bonds. The minimum absolute atomic E-state index is 0.233. The minimum atomic E-state index is -0.236. The largest absolute Gasteiger partial charge is 0.207 e. The minimum Gasteiger partial charge on any atom is -0.207 e. The Balaban J connectivity index is 1.83. The third-order valence-corrected chi connectivity index (χ3v) is 8.17. The molecule has 1 spiro atoms. The van der Waals surface area contributed by atoms with Crippen LogP contribution in [0.5, 0.6) is 0 Å². The molecule has 5 heteroatoms. The van der Waals surface area contributed by atoms with Crippen LogP contribution in [0.25, 0.3) is 11.1 Å². The third-order valence-electron chi connectivity index (χ3n) is 4.18. The Labute approximate surface area is 159 Å². The molecule has 1 fully saturated rings. The fraction of sp³-hybridized carbons (Fsp3) is 0.158. The highest BCUT2D eigenvalue weighted by atomic mass is 35.5. The summed E-state index contributed by atoms with van der Waals surface area (Å²) in [5, 5.41) is 1.45. The van der Waals surface area contributed by atoms with Crippen molar-refractivity contribution in [1.29, 1.82) is 0 Å². The summed E-state index contributed by atoms with van der Waals surface area (Å²) in [4.78, 5) is 0. The summed E-state index contributed by atoms with van der Waals surface area (Å²) in [6.07, 6.45) is 2.05. The molecule has 0 aromatic heterocycles. The Bertz CT molecular complexity index is 833. The molecule has 0 saturated carbocycles. The molecule has 24 heavy (non-hydrogen) atoms. The van der Waals surface area contributed by atoms with E-state index in [0.717, 1.165) is 38.3 Å². The molecule has 1 heterocycles. The molecule has 0 N–H and O–H groups in total. The van der Waals surface area contributed by atoms with E-state index >= 15 is 0 Å². The zero-order chi connectivity index (χ0) is 16.7. The Morgan fingerprint density at radius 3 is 2.04 bits per heavy atom. The highest BCUT2D eigenvalue weighted by Gasteiger charge is 2.48. The number of hydrogen-bond donors (Lipinski definition) is 0.